The Labute approximate surface area is 107 Å². The third kappa shape index (κ3) is 2.80. The summed E-state index contributed by atoms with van der Waals surface area (Å²) in [5.41, 5.74) is 2.35. The van der Waals surface area contributed by atoms with Gasteiger partial charge < -0.3 is 10.1 Å². The van der Waals surface area contributed by atoms with Crippen LogP contribution in [0.25, 0.3) is 0 Å². The van der Waals surface area contributed by atoms with Gasteiger partial charge in [0, 0.05) is 13.0 Å². The fourth-order valence-electron chi connectivity index (χ4n) is 2.17. The smallest absolute Gasteiger partial charge is 0.278 e. The molecule has 0 saturated heterocycles. The van der Waals surface area contributed by atoms with E-state index in [1.807, 2.05) is 13.8 Å². The van der Waals surface area contributed by atoms with Crippen molar-refractivity contribution in [1.82, 2.24) is 5.32 Å². The molecule has 0 atom stereocenters. The number of rotatable bonds is 5. The van der Waals surface area contributed by atoms with Gasteiger partial charge in [0.2, 0.25) is 0 Å². The van der Waals surface area contributed by atoms with E-state index in [1.165, 1.54) is 7.11 Å². The Hall–Kier alpha value is -1.16. The van der Waals surface area contributed by atoms with Crippen molar-refractivity contribution >= 4 is 0 Å². The molecule has 0 unspecified atom stereocenters. The monoisotopic (exact) mass is 257 g/mol. The summed E-state index contributed by atoms with van der Waals surface area (Å²) < 4.78 is 33.7. The van der Waals surface area contributed by atoms with Crippen molar-refractivity contribution in [3.63, 3.8) is 0 Å². The van der Waals surface area contributed by atoms with Crippen molar-refractivity contribution in [2.75, 3.05) is 20.7 Å². The Bertz CT molecular complexity index is 430. The Balaban J connectivity index is 3.34. The summed E-state index contributed by atoms with van der Waals surface area (Å²) >= 11 is 0. The lowest BCUT2D eigenvalue weighted by molar-refractivity contribution is -0.0151. The highest BCUT2D eigenvalue weighted by Crippen LogP contribution is 2.42. The van der Waals surface area contributed by atoms with Crippen molar-refractivity contribution in [3.8, 4) is 5.75 Å². The first-order chi connectivity index (χ1) is 8.35. The molecule has 0 spiro atoms. The number of nitrogens with one attached hydrogen (secondary N) is 1. The molecule has 0 saturated carbocycles. The molecule has 0 aliphatic rings. The molecule has 0 bridgehead atoms. The van der Waals surface area contributed by atoms with E-state index >= 15 is 0 Å². The van der Waals surface area contributed by atoms with Gasteiger partial charge in [0.15, 0.2) is 0 Å². The third-order valence-corrected chi connectivity index (χ3v) is 3.25. The maximum atomic E-state index is 14.2. The first-order valence-corrected chi connectivity index (χ1v) is 6.02. The molecule has 1 rings (SSSR count). The number of alkyl halides is 2. The normalized spacial score (nSPS) is 11.7. The molecule has 0 amide bonds. The topological polar surface area (TPSA) is 21.3 Å². The van der Waals surface area contributed by atoms with E-state index in [0.717, 1.165) is 11.1 Å². The zero-order chi connectivity index (χ0) is 13.9. The minimum Gasteiger partial charge on any atom is -0.496 e. The summed E-state index contributed by atoms with van der Waals surface area (Å²) in [6.45, 7) is 5.69. The lowest BCUT2D eigenvalue weighted by Crippen LogP contribution is -2.23. The van der Waals surface area contributed by atoms with Gasteiger partial charge in [-0.05, 0) is 44.5 Å². The van der Waals surface area contributed by atoms with Crippen LogP contribution in [0.1, 0.15) is 28.7 Å². The van der Waals surface area contributed by atoms with Crippen LogP contribution in [-0.4, -0.2) is 20.7 Å². The molecule has 0 radical (unpaired) electrons. The lowest BCUT2D eigenvalue weighted by Gasteiger charge is -2.24. The van der Waals surface area contributed by atoms with E-state index in [2.05, 4.69) is 5.32 Å². The molecular weight excluding hydrogens is 236 g/mol. The third-order valence-electron chi connectivity index (χ3n) is 3.25. The minimum absolute atomic E-state index is 0.0170. The van der Waals surface area contributed by atoms with E-state index in [4.69, 9.17) is 4.74 Å². The lowest BCUT2D eigenvalue weighted by atomic mass is 9.93. The first kappa shape index (κ1) is 14.9. The van der Waals surface area contributed by atoms with Gasteiger partial charge in [0.1, 0.15) is 5.75 Å². The van der Waals surface area contributed by atoms with Crippen molar-refractivity contribution in [1.29, 1.82) is 0 Å². The second kappa shape index (κ2) is 5.65. The van der Waals surface area contributed by atoms with Gasteiger partial charge in [0.25, 0.3) is 5.92 Å². The number of hydrogen-bond acceptors (Lipinski definition) is 2. The average Bonchev–Trinajstić information content (AvgIpc) is 2.30. The highest BCUT2D eigenvalue weighted by Gasteiger charge is 2.36. The molecule has 0 aliphatic heterocycles. The van der Waals surface area contributed by atoms with Crippen LogP contribution in [0.4, 0.5) is 8.78 Å². The van der Waals surface area contributed by atoms with Crippen molar-refractivity contribution in [2.24, 2.45) is 0 Å². The van der Waals surface area contributed by atoms with Crippen molar-refractivity contribution in [3.05, 3.63) is 28.3 Å². The summed E-state index contributed by atoms with van der Waals surface area (Å²) in [4.78, 5) is 0. The van der Waals surface area contributed by atoms with E-state index < -0.39 is 5.92 Å². The highest BCUT2D eigenvalue weighted by atomic mass is 19.3. The van der Waals surface area contributed by atoms with Crippen LogP contribution in [0.5, 0.6) is 5.75 Å². The molecule has 4 heteroatoms. The van der Waals surface area contributed by atoms with Crippen LogP contribution in [0, 0.1) is 20.8 Å². The summed E-state index contributed by atoms with van der Waals surface area (Å²) in [6, 6.07) is 1.79. The van der Waals surface area contributed by atoms with Crippen LogP contribution >= 0.6 is 0 Å². The Morgan fingerprint density at radius 1 is 1.22 bits per heavy atom. The standard InChI is InChI=1S/C14H21F2NO/c1-9-8-10(2)12(13(18-5)11(9)3)14(15,16)6-7-17-4/h8,17H,6-7H2,1-5H3. The molecule has 0 fully saturated rings. The molecule has 18 heavy (non-hydrogen) atoms. The summed E-state index contributed by atoms with van der Waals surface area (Å²) in [5.74, 6) is -2.56. The number of halogens is 2. The van der Waals surface area contributed by atoms with Crippen molar-refractivity contribution < 1.29 is 13.5 Å². The van der Waals surface area contributed by atoms with Crippen LogP contribution < -0.4 is 10.1 Å². The maximum absolute atomic E-state index is 14.2. The number of hydrogen-bond donors (Lipinski definition) is 1. The van der Waals surface area contributed by atoms with Gasteiger partial charge in [0.05, 0.1) is 12.7 Å². The van der Waals surface area contributed by atoms with Crippen molar-refractivity contribution in [2.45, 2.75) is 33.1 Å². The molecule has 0 aromatic heterocycles. The molecule has 1 aromatic carbocycles. The fraction of sp³-hybridized carbons (Fsp3) is 0.571. The van der Waals surface area contributed by atoms with Gasteiger partial charge in [-0.25, -0.2) is 8.78 Å². The Morgan fingerprint density at radius 2 is 1.83 bits per heavy atom. The second-order valence-electron chi connectivity index (χ2n) is 4.60. The Morgan fingerprint density at radius 3 is 2.33 bits per heavy atom. The summed E-state index contributed by atoms with van der Waals surface area (Å²) in [7, 11) is 3.11. The summed E-state index contributed by atoms with van der Waals surface area (Å²) in [6.07, 6.45) is -0.233. The first-order valence-electron chi connectivity index (χ1n) is 6.02. The van der Waals surface area contributed by atoms with Crippen LogP contribution in [-0.2, 0) is 5.92 Å². The van der Waals surface area contributed by atoms with Gasteiger partial charge in [-0.15, -0.1) is 0 Å². The molecule has 0 aliphatic carbocycles. The van der Waals surface area contributed by atoms with Gasteiger partial charge in [-0.2, -0.15) is 0 Å². The maximum Gasteiger partial charge on any atom is 0.278 e. The SMILES string of the molecule is CNCCC(F)(F)c1c(C)cc(C)c(C)c1OC. The number of ether oxygens (including phenoxy) is 1. The molecule has 2 nitrogen and oxygen atoms in total. The van der Waals surface area contributed by atoms with E-state index in [1.54, 1.807) is 20.0 Å². The van der Waals surface area contributed by atoms with E-state index in [0.29, 0.717) is 11.3 Å². The minimum atomic E-state index is -2.88. The number of aryl methyl sites for hydroxylation is 2. The molecule has 1 N–H and O–H groups in total. The zero-order valence-electron chi connectivity index (χ0n) is 11.7. The predicted molar refractivity (Wildman–Crippen MR) is 69.6 cm³/mol. The molecule has 0 heterocycles. The highest BCUT2D eigenvalue weighted by molar-refractivity contribution is 5.51. The second-order valence-corrected chi connectivity index (χ2v) is 4.60. The van der Waals surface area contributed by atoms with E-state index in [-0.39, 0.29) is 18.5 Å². The van der Waals surface area contributed by atoms with Crippen LogP contribution in [0.3, 0.4) is 0 Å². The summed E-state index contributed by atoms with van der Waals surface area (Å²) in [5, 5.41) is 2.76. The molecule has 102 valence electrons. The molecular formula is C14H21F2NO. The van der Waals surface area contributed by atoms with Gasteiger partial charge in [-0.1, -0.05) is 6.07 Å². The van der Waals surface area contributed by atoms with E-state index in [9.17, 15) is 8.78 Å². The largest absolute Gasteiger partial charge is 0.496 e. The zero-order valence-corrected chi connectivity index (χ0v) is 11.7. The van der Waals surface area contributed by atoms with Gasteiger partial charge >= 0.3 is 0 Å². The van der Waals surface area contributed by atoms with Crippen LogP contribution in [0.15, 0.2) is 6.07 Å². The van der Waals surface area contributed by atoms with Gasteiger partial charge in [-0.3, -0.25) is 0 Å². The number of benzene rings is 1. The number of methoxy groups -OCH3 is 1. The quantitative estimate of drug-likeness (QED) is 0.873. The fourth-order valence-corrected chi connectivity index (χ4v) is 2.17. The molecule has 1 aromatic rings. The predicted octanol–water partition coefficient (Wildman–Crippen LogP) is 3.32. The van der Waals surface area contributed by atoms with Crippen LogP contribution in [0.2, 0.25) is 0 Å². The average molecular weight is 257 g/mol. The Kier molecular flexibility index (Phi) is 4.68.